The molecule has 0 saturated carbocycles. The highest BCUT2D eigenvalue weighted by Crippen LogP contribution is 2.28. The second-order valence-electron chi connectivity index (χ2n) is 14.1. The van der Waals surface area contributed by atoms with Crippen molar-refractivity contribution in [3.05, 3.63) is 0 Å². The molecule has 48 heavy (non-hydrogen) atoms. The van der Waals surface area contributed by atoms with Crippen molar-refractivity contribution in [1.29, 1.82) is 0 Å². The summed E-state index contributed by atoms with van der Waals surface area (Å²) in [4.78, 5) is 25.7. The Kier molecular flexibility index (Phi) is 29.6. The Balaban J connectivity index is 2.36. The Bertz CT molecular complexity index is 703. The molecule has 1 aliphatic rings. The normalized spacial score (nSPS) is 21.0. The molecular formula is C40H76O8. The van der Waals surface area contributed by atoms with E-state index in [9.17, 15) is 19.8 Å². The molecule has 1 aliphatic heterocycles. The fourth-order valence-corrected chi connectivity index (χ4v) is 6.60. The highest BCUT2D eigenvalue weighted by atomic mass is 16.7. The molecule has 1 rings (SSSR count). The third-order valence-corrected chi connectivity index (χ3v) is 9.63. The molecule has 0 amide bonds. The van der Waals surface area contributed by atoms with Crippen LogP contribution in [0.5, 0.6) is 0 Å². The number of esters is 2. The first-order valence-corrected chi connectivity index (χ1v) is 20.4. The number of ether oxygens (including phenoxy) is 4. The van der Waals surface area contributed by atoms with E-state index in [0.717, 1.165) is 25.7 Å². The molecule has 2 N–H and O–H groups in total. The van der Waals surface area contributed by atoms with Crippen LogP contribution in [0, 0.1) is 0 Å². The molecule has 8 nitrogen and oxygen atoms in total. The van der Waals surface area contributed by atoms with Crippen LogP contribution in [0.3, 0.4) is 0 Å². The lowest BCUT2D eigenvalue weighted by molar-refractivity contribution is -0.305. The third kappa shape index (κ3) is 22.5. The van der Waals surface area contributed by atoms with E-state index in [-0.39, 0.29) is 19.4 Å². The SMILES string of the molecule is CCCCCCCCCCCCCCCC(=O)O[C@H]1[C@H](O)[C@@H](CO)OC(OCC)[C@@H]1OC(=O)CCCCCCCCCCCCCCC. The molecule has 284 valence electrons. The summed E-state index contributed by atoms with van der Waals surface area (Å²) in [6, 6.07) is 0. The van der Waals surface area contributed by atoms with Crippen LogP contribution in [0.15, 0.2) is 0 Å². The summed E-state index contributed by atoms with van der Waals surface area (Å²) in [5, 5.41) is 20.7. The van der Waals surface area contributed by atoms with E-state index in [4.69, 9.17) is 18.9 Å². The number of unbranched alkanes of at least 4 members (excludes halogenated alkanes) is 24. The van der Waals surface area contributed by atoms with Gasteiger partial charge in [0.25, 0.3) is 0 Å². The van der Waals surface area contributed by atoms with E-state index in [1.165, 1.54) is 128 Å². The molecule has 5 atom stereocenters. The van der Waals surface area contributed by atoms with Crippen molar-refractivity contribution in [3.8, 4) is 0 Å². The van der Waals surface area contributed by atoms with Crippen LogP contribution in [-0.4, -0.2) is 66.1 Å². The minimum Gasteiger partial charge on any atom is -0.455 e. The summed E-state index contributed by atoms with van der Waals surface area (Å²) in [6.45, 7) is 6.08. The molecule has 0 aromatic heterocycles. The Morgan fingerprint density at radius 2 is 0.854 bits per heavy atom. The largest absolute Gasteiger partial charge is 0.455 e. The number of carbonyl (C=O) groups is 2. The minimum absolute atomic E-state index is 0.227. The lowest BCUT2D eigenvalue weighted by Crippen LogP contribution is -2.61. The molecule has 1 saturated heterocycles. The molecule has 0 aromatic carbocycles. The fraction of sp³-hybridized carbons (Fsp3) is 0.950. The van der Waals surface area contributed by atoms with Crippen molar-refractivity contribution in [2.45, 2.75) is 231 Å². The molecule has 1 heterocycles. The van der Waals surface area contributed by atoms with Gasteiger partial charge in [0.15, 0.2) is 18.5 Å². The van der Waals surface area contributed by atoms with Gasteiger partial charge in [-0.25, -0.2) is 0 Å². The van der Waals surface area contributed by atoms with Crippen LogP contribution in [0.2, 0.25) is 0 Å². The molecule has 1 fully saturated rings. The summed E-state index contributed by atoms with van der Waals surface area (Å²) < 4.78 is 22.9. The van der Waals surface area contributed by atoms with Crippen LogP contribution in [-0.2, 0) is 28.5 Å². The van der Waals surface area contributed by atoms with Gasteiger partial charge >= 0.3 is 11.9 Å². The average Bonchev–Trinajstić information content (AvgIpc) is 3.08. The highest BCUT2D eigenvalue weighted by molar-refractivity contribution is 5.70. The molecule has 0 spiro atoms. The standard InChI is InChI=1S/C40H76O8/c1-4-7-9-11-13-15-17-19-21-23-25-27-29-31-35(42)47-38-37(44)34(33-41)46-40(45-6-3)39(38)48-36(43)32-30-28-26-24-22-20-18-16-14-12-10-8-5-2/h34,37-41,44H,4-33H2,1-3H3/t34-,37-,38+,39-,40?/m1/s1. The van der Waals surface area contributed by atoms with Gasteiger partial charge in [-0.3, -0.25) is 9.59 Å². The van der Waals surface area contributed by atoms with E-state index in [2.05, 4.69) is 13.8 Å². The minimum atomic E-state index is -1.34. The van der Waals surface area contributed by atoms with E-state index in [0.29, 0.717) is 12.8 Å². The van der Waals surface area contributed by atoms with E-state index < -0.39 is 49.3 Å². The molecule has 1 unspecified atom stereocenters. The lowest BCUT2D eigenvalue weighted by Gasteiger charge is -2.42. The maximum absolute atomic E-state index is 12.9. The van der Waals surface area contributed by atoms with Gasteiger partial charge in [-0.1, -0.05) is 168 Å². The van der Waals surface area contributed by atoms with Crippen molar-refractivity contribution in [1.82, 2.24) is 0 Å². The van der Waals surface area contributed by atoms with Gasteiger partial charge in [-0.2, -0.15) is 0 Å². The molecule has 0 aromatic rings. The van der Waals surface area contributed by atoms with Crippen molar-refractivity contribution in [2.75, 3.05) is 13.2 Å². The number of rotatable bonds is 33. The lowest BCUT2D eigenvalue weighted by atomic mass is 9.98. The highest BCUT2D eigenvalue weighted by Gasteiger charge is 2.50. The zero-order chi connectivity index (χ0) is 35.1. The number of hydrogen-bond donors (Lipinski definition) is 2. The monoisotopic (exact) mass is 685 g/mol. The Hall–Kier alpha value is -1.22. The summed E-state index contributed by atoms with van der Waals surface area (Å²) >= 11 is 0. The molecular weight excluding hydrogens is 608 g/mol. The van der Waals surface area contributed by atoms with Crippen molar-refractivity contribution in [3.63, 3.8) is 0 Å². The smallest absolute Gasteiger partial charge is 0.306 e. The van der Waals surface area contributed by atoms with Crippen molar-refractivity contribution in [2.24, 2.45) is 0 Å². The van der Waals surface area contributed by atoms with Gasteiger partial charge in [0.05, 0.1) is 6.61 Å². The number of carbonyl (C=O) groups excluding carboxylic acids is 2. The molecule has 8 heteroatoms. The molecule has 0 bridgehead atoms. The maximum Gasteiger partial charge on any atom is 0.306 e. The topological polar surface area (TPSA) is 112 Å². The predicted molar refractivity (Wildman–Crippen MR) is 194 cm³/mol. The van der Waals surface area contributed by atoms with Gasteiger partial charge < -0.3 is 29.2 Å². The van der Waals surface area contributed by atoms with Gasteiger partial charge in [0, 0.05) is 19.4 Å². The number of aliphatic hydroxyl groups excluding tert-OH is 2. The Morgan fingerprint density at radius 1 is 0.521 bits per heavy atom. The van der Waals surface area contributed by atoms with E-state index in [1.807, 2.05) is 0 Å². The fourth-order valence-electron chi connectivity index (χ4n) is 6.60. The third-order valence-electron chi connectivity index (χ3n) is 9.63. The van der Waals surface area contributed by atoms with Crippen molar-refractivity contribution < 1.29 is 38.7 Å². The summed E-state index contributed by atoms with van der Waals surface area (Å²) in [7, 11) is 0. The van der Waals surface area contributed by atoms with Crippen LogP contribution >= 0.6 is 0 Å². The van der Waals surface area contributed by atoms with Gasteiger partial charge in [-0.15, -0.1) is 0 Å². The van der Waals surface area contributed by atoms with Gasteiger partial charge in [-0.05, 0) is 19.8 Å². The van der Waals surface area contributed by atoms with E-state index in [1.54, 1.807) is 6.92 Å². The summed E-state index contributed by atoms with van der Waals surface area (Å²) in [5.74, 6) is -0.878. The van der Waals surface area contributed by atoms with Crippen molar-refractivity contribution >= 4 is 11.9 Å². The van der Waals surface area contributed by atoms with Crippen LogP contribution in [0.25, 0.3) is 0 Å². The number of hydrogen-bond acceptors (Lipinski definition) is 8. The van der Waals surface area contributed by atoms with Gasteiger partial charge in [0.2, 0.25) is 0 Å². The first-order chi connectivity index (χ1) is 23.5. The quantitative estimate of drug-likeness (QED) is 0.0519. The van der Waals surface area contributed by atoms with Crippen LogP contribution in [0.4, 0.5) is 0 Å². The zero-order valence-electron chi connectivity index (χ0n) is 31.4. The Morgan fingerprint density at radius 3 is 1.19 bits per heavy atom. The predicted octanol–water partition coefficient (Wildman–Crippen LogP) is 9.89. The second-order valence-corrected chi connectivity index (χ2v) is 14.1. The zero-order valence-corrected chi connectivity index (χ0v) is 31.4. The summed E-state index contributed by atoms with van der Waals surface area (Å²) in [5.41, 5.74) is 0. The van der Waals surface area contributed by atoms with Gasteiger partial charge in [0.1, 0.15) is 12.2 Å². The van der Waals surface area contributed by atoms with Crippen LogP contribution < -0.4 is 0 Å². The molecule has 0 aliphatic carbocycles. The van der Waals surface area contributed by atoms with E-state index >= 15 is 0 Å². The number of aliphatic hydroxyl groups is 2. The van der Waals surface area contributed by atoms with Crippen LogP contribution in [0.1, 0.15) is 201 Å². The first kappa shape index (κ1) is 44.8. The first-order valence-electron chi connectivity index (χ1n) is 20.4. The Labute approximate surface area is 294 Å². The molecule has 0 radical (unpaired) electrons. The maximum atomic E-state index is 12.9. The summed E-state index contributed by atoms with van der Waals surface area (Å²) in [6.07, 6.45) is 26.5. The average molecular weight is 685 g/mol. The second kappa shape index (κ2) is 31.7.